The monoisotopic (exact) mass is 258 g/mol. The Labute approximate surface area is 107 Å². The smallest absolute Gasteiger partial charge is 0.328 e. The van der Waals surface area contributed by atoms with Gasteiger partial charge in [0.2, 0.25) is 0 Å². The number of amides is 2. The second-order valence-corrected chi connectivity index (χ2v) is 4.91. The summed E-state index contributed by atoms with van der Waals surface area (Å²) in [5, 5.41) is 19.9. The van der Waals surface area contributed by atoms with Gasteiger partial charge in [-0.15, -0.1) is 0 Å². The van der Waals surface area contributed by atoms with E-state index in [9.17, 15) is 9.59 Å². The van der Waals surface area contributed by atoms with Crippen LogP contribution in [0.2, 0.25) is 0 Å². The van der Waals surface area contributed by atoms with Gasteiger partial charge in [0, 0.05) is 13.6 Å². The summed E-state index contributed by atoms with van der Waals surface area (Å²) in [5.41, 5.74) is 0. The molecule has 0 bridgehead atoms. The van der Waals surface area contributed by atoms with Crippen molar-refractivity contribution in [1.29, 1.82) is 0 Å². The highest BCUT2D eigenvalue weighted by Crippen LogP contribution is 2.24. The van der Waals surface area contributed by atoms with Crippen molar-refractivity contribution in [3.63, 3.8) is 0 Å². The van der Waals surface area contributed by atoms with Crippen molar-refractivity contribution in [3.8, 4) is 0 Å². The zero-order valence-electron chi connectivity index (χ0n) is 10.8. The van der Waals surface area contributed by atoms with E-state index in [2.05, 4.69) is 5.32 Å². The number of urea groups is 1. The molecule has 1 saturated carbocycles. The Balaban J connectivity index is 2.37. The Bertz CT molecular complexity index is 290. The summed E-state index contributed by atoms with van der Waals surface area (Å²) in [4.78, 5) is 23.9. The van der Waals surface area contributed by atoms with Gasteiger partial charge in [0.05, 0.1) is 6.61 Å². The molecule has 6 nitrogen and oxygen atoms in total. The van der Waals surface area contributed by atoms with Gasteiger partial charge in [-0.1, -0.05) is 19.3 Å². The Morgan fingerprint density at radius 3 is 2.44 bits per heavy atom. The number of carboxylic acid groups (broad SMARTS) is 1. The Kier molecular flexibility index (Phi) is 5.91. The summed E-state index contributed by atoms with van der Waals surface area (Å²) in [6, 6.07) is -1.67. The first kappa shape index (κ1) is 14.8. The molecule has 1 unspecified atom stereocenters. The van der Waals surface area contributed by atoms with Gasteiger partial charge in [0.25, 0.3) is 0 Å². The number of nitrogens with zero attached hydrogens (tertiary/aromatic N) is 1. The quantitative estimate of drug-likeness (QED) is 0.675. The molecule has 0 saturated heterocycles. The van der Waals surface area contributed by atoms with E-state index >= 15 is 0 Å². The Morgan fingerprint density at radius 2 is 1.94 bits per heavy atom. The third-order valence-corrected chi connectivity index (χ3v) is 3.38. The van der Waals surface area contributed by atoms with E-state index in [1.165, 1.54) is 24.2 Å². The van der Waals surface area contributed by atoms with Crippen LogP contribution in [0.15, 0.2) is 0 Å². The van der Waals surface area contributed by atoms with Crippen LogP contribution in [0.4, 0.5) is 4.79 Å². The molecule has 0 radical (unpaired) electrons. The molecule has 18 heavy (non-hydrogen) atoms. The molecule has 1 atom stereocenters. The number of rotatable bonds is 5. The van der Waals surface area contributed by atoms with Crippen molar-refractivity contribution in [1.82, 2.24) is 10.2 Å². The number of carboxylic acids is 1. The normalized spacial score (nSPS) is 18.1. The fourth-order valence-corrected chi connectivity index (χ4v) is 2.28. The zero-order valence-corrected chi connectivity index (χ0v) is 10.8. The molecular weight excluding hydrogens is 236 g/mol. The van der Waals surface area contributed by atoms with Crippen LogP contribution in [-0.4, -0.2) is 53.4 Å². The zero-order chi connectivity index (χ0) is 13.5. The van der Waals surface area contributed by atoms with Crippen molar-refractivity contribution >= 4 is 12.0 Å². The van der Waals surface area contributed by atoms with Gasteiger partial charge in [0.15, 0.2) is 6.04 Å². The van der Waals surface area contributed by atoms with Gasteiger partial charge in [0.1, 0.15) is 0 Å². The van der Waals surface area contributed by atoms with Crippen molar-refractivity contribution in [3.05, 3.63) is 0 Å². The van der Waals surface area contributed by atoms with E-state index in [0.717, 1.165) is 12.8 Å². The average molecular weight is 258 g/mol. The van der Waals surface area contributed by atoms with Gasteiger partial charge in [-0.25, -0.2) is 9.59 Å². The number of aliphatic carboxylic acids is 1. The minimum absolute atomic E-state index is 0.443. The number of hydrogen-bond donors (Lipinski definition) is 3. The first-order valence-electron chi connectivity index (χ1n) is 6.40. The fourth-order valence-electron chi connectivity index (χ4n) is 2.28. The summed E-state index contributed by atoms with van der Waals surface area (Å²) in [5.74, 6) is -0.719. The number of carbonyl (C=O) groups excluding carboxylic acids is 1. The molecule has 104 valence electrons. The Morgan fingerprint density at radius 1 is 1.33 bits per heavy atom. The highest BCUT2D eigenvalue weighted by Gasteiger charge is 2.23. The Hall–Kier alpha value is -1.30. The topological polar surface area (TPSA) is 89.9 Å². The molecule has 2 amide bonds. The maximum Gasteiger partial charge on any atom is 0.328 e. The van der Waals surface area contributed by atoms with Crippen LogP contribution < -0.4 is 5.32 Å². The maximum atomic E-state index is 11.7. The molecule has 0 aromatic heterocycles. The largest absolute Gasteiger partial charge is 0.480 e. The lowest BCUT2D eigenvalue weighted by molar-refractivity contribution is -0.140. The molecule has 0 aliphatic heterocycles. The van der Waals surface area contributed by atoms with E-state index in [0.29, 0.717) is 12.5 Å². The minimum Gasteiger partial charge on any atom is -0.480 e. The molecule has 0 spiro atoms. The fraction of sp³-hybridized carbons (Fsp3) is 0.833. The van der Waals surface area contributed by atoms with E-state index < -0.39 is 24.6 Å². The van der Waals surface area contributed by atoms with Gasteiger partial charge in [-0.05, 0) is 18.8 Å². The molecule has 0 aromatic carbocycles. The molecule has 1 rings (SSSR count). The second kappa shape index (κ2) is 7.20. The molecule has 0 aromatic rings. The lowest BCUT2D eigenvalue weighted by atomic mass is 9.89. The van der Waals surface area contributed by atoms with Crippen LogP contribution in [0, 0.1) is 5.92 Å². The third kappa shape index (κ3) is 4.52. The maximum absolute atomic E-state index is 11.7. The third-order valence-electron chi connectivity index (χ3n) is 3.38. The number of nitrogens with one attached hydrogen (secondary N) is 1. The SMILES string of the molecule is CN(CC1CCCCC1)C(=O)NC(CO)C(=O)O. The van der Waals surface area contributed by atoms with Gasteiger partial charge >= 0.3 is 12.0 Å². The van der Waals surface area contributed by atoms with E-state index in [-0.39, 0.29) is 0 Å². The van der Waals surface area contributed by atoms with Crippen molar-refractivity contribution < 1.29 is 19.8 Å². The number of aliphatic hydroxyl groups is 1. The lowest BCUT2D eigenvalue weighted by Crippen LogP contribution is -2.49. The van der Waals surface area contributed by atoms with Crippen LogP contribution in [-0.2, 0) is 4.79 Å². The number of aliphatic hydroxyl groups excluding tert-OH is 1. The first-order chi connectivity index (χ1) is 8.54. The summed E-state index contributed by atoms with van der Waals surface area (Å²) in [7, 11) is 1.65. The predicted octanol–water partition coefficient (Wildman–Crippen LogP) is 0.654. The molecule has 0 heterocycles. The summed E-state index contributed by atoms with van der Waals surface area (Å²) >= 11 is 0. The molecular formula is C12H22N2O4. The average Bonchev–Trinajstić information content (AvgIpc) is 2.36. The summed E-state index contributed by atoms with van der Waals surface area (Å²) < 4.78 is 0. The number of hydrogen-bond acceptors (Lipinski definition) is 3. The van der Waals surface area contributed by atoms with Crippen molar-refractivity contribution in [2.45, 2.75) is 38.1 Å². The summed E-state index contributed by atoms with van der Waals surface area (Å²) in [6.07, 6.45) is 5.92. The minimum atomic E-state index is -1.23. The molecule has 1 aliphatic rings. The van der Waals surface area contributed by atoms with Crippen LogP contribution in [0.3, 0.4) is 0 Å². The molecule has 1 fully saturated rings. The van der Waals surface area contributed by atoms with E-state index in [1.54, 1.807) is 7.05 Å². The number of carbonyl (C=O) groups is 2. The van der Waals surface area contributed by atoms with Gasteiger partial charge < -0.3 is 20.4 Å². The first-order valence-corrected chi connectivity index (χ1v) is 6.40. The highest BCUT2D eigenvalue weighted by molar-refractivity contribution is 5.82. The van der Waals surface area contributed by atoms with E-state index in [4.69, 9.17) is 10.2 Å². The predicted molar refractivity (Wildman–Crippen MR) is 66.2 cm³/mol. The highest BCUT2D eigenvalue weighted by atomic mass is 16.4. The van der Waals surface area contributed by atoms with E-state index in [1.807, 2.05) is 0 Å². The van der Waals surface area contributed by atoms with Crippen LogP contribution in [0.5, 0.6) is 0 Å². The van der Waals surface area contributed by atoms with Crippen molar-refractivity contribution in [2.24, 2.45) is 5.92 Å². The second-order valence-electron chi connectivity index (χ2n) is 4.91. The lowest BCUT2D eigenvalue weighted by Gasteiger charge is -2.27. The van der Waals surface area contributed by atoms with Gasteiger partial charge in [-0.3, -0.25) is 0 Å². The molecule has 3 N–H and O–H groups in total. The molecule has 6 heteroatoms. The van der Waals surface area contributed by atoms with Crippen LogP contribution in [0.1, 0.15) is 32.1 Å². The van der Waals surface area contributed by atoms with Crippen molar-refractivity contribution in [2.75, 3.05) is 20.2 Å². The molecule has 1 aliphatic carbocycles. The summed E-state index contributed by atoms with van der Waals surface area (Å²) in [6.45, 7) is 0.0436. The standard InChI is InChI=1S/C12H22N2O4/c1-14(7-9-5-3-2-4-6-9)12(18)13-10(8-15)11(16)17/h9-10,15H,2-8H2,1H3,(H,13,18)(H,16,17). The van der Waals surface area contributed by atoms with Crippen LogP contribution >= 0.6 is 0 Å². The van der Waals surface area contributed by atoms with Crippen LogP contribution in [0.25, 0.3) is 0 Å². The van der Waals surface area contributed by atoms with Gasteiger partial charge in [-0.2, -0.15) is 0 Å².